The Hall–Kier alpha value is -3.21. The van der Waals surface area contributed by atoms with Crippen LogP contribution in [0.5, 0.6) is 0 Å². The van der Waals surface area contributed by atoms with E-state index in [0.717, 1.165) is 16.9 Å². The highest BCUT2D eigenvalue weighted by atomic mass is 16.1. The van der Waals surface area contributed by atoms with Crippen molar-refractivity contribution in [3.63, 3.8) is 0 Å². The van der Waals surface area contributed by atoms with Crippen molar-refractivity contribution in [3.8, 4) is 5.69 Å². The van der Waals surface area contributed by atoms with E-state index in [1.807, 2.05) is 55.5 Å². The van der Waals surface area contributed by atoms with Crippen LogP contribution in [0.2, 0.25) is 0 Å². The summed E-state index contributed by atoms with van der Waals surface area (Å²) in [7, 11) is 0. The minimum absolute atomic E-state index is 0.176. The molecule has 1 N–H and O–H groups in total. The summed E-state index contributed by atoms with van der Waals surface area (Å²) < 4.78 is 1.79. The molecular weight excluding hydrogens is 324 g/mol. The number of nitrogens with one attached hydrogen (secondary N) is 1. The Morgan fingerprint density at radius 2 is 1.92 bits per heavy atom. The second kappa shape index (κ2) is 7.78. The lowest BCUT2D eigenvalue weighted by molar-refractivity contribution is -0.111. The molecule has 0 unspecified atom stereocenters. The Morgan fingerprint density at radius 3 is 2.65 bits per heavy atom. The number of amides is 1. The molecule has 0 radical (unpaired) electrons. The lowest BCUT2D eigenvalue weighted by Crippen LogP contribution is -2.09. The van der Waals surface area contributed by atoms with E-state index in [4.69, 9.17) is 0 Å². The smallest absolute Gasteiger partial charge is 0.248 e. The van der Waals surface area contributed by atoms with Crippen molar-refractivity contribution in [2.24, 2.45) is 0 Å². The maximum Gasteiger partial charge on any atom is 0.248 e. The number of nitrogens with zero attached hydrogens (tertiary/aromatic N) is 3. The topological polar surface area (TPSA) is 59.8 Å². The molecule has 0 spiro atoms. The van der Waals surface area contributed by atoms with Gasteiger partial charge in [-0.05, 0) is 42.7 Å². The normalized spacial score (nSPS) is 11.2. The number of aromatic nitrogens is 3. The average Bonchev–Trinajstić information content (AvgIpc) is 3.12. The van der Waals surface area contributed by atoms with Crippen molar-refractivity contribution in [2.45, 2.75) is 26.7 Å². The van der Waals surface area contributed by atoms with Gasteiger partial charge in [0.05, 0.1) is 17.6 Å². The molecule has 0 atom stereocenters. The first-order chi connectivity index (χ1) is 12.5. The van der Waals surface area contributed by atoms with Crippen LogP contribution in [-0.2, 0) is 4.79 Å². The molecule has 1 heterocycles. The maximum atomic E-state index is 12.2. The molecule has 2 aromatic carbocycles. The van der Waals surface area contributed by atoms with Crippen molar-refractivity contribution >= 4 is 17.7 Å². The average molecular weight is 346 g/mol. The van der Waals surface area contributed by atoms with Gasteiger partial charge in [0, 0.05) is 11.8 Å². The van der Waals surface area contributed by atoms with E-state index in [2.05, 4.69) is 29.5 Å². The zero-order chi connectivity index (χ0) is 18.5. The maximum absolute atomic E-state index is 12.2. The third-order valence-corrected chi connectivity index (χ3v) is 4.03. The summed E-state index contributed by atoms with van der Waals surface area (Å²) in [6.45, 7) is 6.22. The number of hydrogen-bond donors (Lipinski definition) is 1. The van der Waals surface area contributed by atoms with Gasteiger partial charge < -0.3 is 5.32 Å². The molecule has 132 valence electrons. The summed E-state index contributed by atoms with van der Waals surface area (Å²) >= 11 is 0. The summed E-state index contributed by atoms with van der Waals surface area (Å²) in [6.07, 6.45) is 5.10. The van der Waals surface area contributed by atoms with E-state index >= 15 is 0 Å². The molecular formula is C21H22N4O. The molecule has 0 fully saturated rings. The molecule has 5 heteroatoms. The van der Waals surface area contributed by atoms with Crippen molar-refractivity contribution in [3.05, 3.63) is 77.6 Å². The third-order valence-electron chi connectivity index (χ3n) is 4.03. The highest BCUT2D eigenvalue weighted by molar-refractivity contribution is 6.02. The molecule has 1 aromatic heterocycles. The molecule has 0 aliphatic heterocycles. The van der Waals surface area contributed by atoms with Crippen molar-refractivity contribution in [1.29, 1.82) is 0 Å². The fourth-order valence-electron chi connectivity index (χ4n) is 2.59. The van der Waals surface area contributed by atoms with E-state index in [-0.39, 0.29) is 5.91 Å². The number of carbonyl (C=O) groups excluding carboxylic acids is 1. The van der Waals surface area contributed by atoms with Gasteiger partial charge >= 0.3 is 0 Å². The molecule has 0 saturated carbocycles. The van der Waals surface area contributed by atoms with Crippen LogP contribution >= 0.6 is 0 Å². The molecule has 0 aliphatic carbocycles. The first-order valence-electron chi connectivity index (χ1n) is 8.60. The van der Waals surface area contributed by atoms with Crippen LogP contribution in [0.15, 0.2) is 60.8 Å². The largest absolute Gasteiger partial charge is 0.322 e. The molecule has 5 nitrogen and oxygen atoms in total. The van der Waals surface area contributed by atoms with Gasteiger partial charge in [0.2, 0.25) is 5.91 Å². The zero-order valence-electron chi connectivity index (χ0n) is 15.2. The Balaban J connectivity index is 1.73. The number of rotatable bonds is 5. The van der Waals surface area contributed by atoms with Crippen LogP contribution < -0.4 is 5.32 Å². The first kappa shape index (κ1) is 17.6. The van der Waals surface area contributed by atoms with Crippen LogP contribution in [0.1, 0.15) is 36.6 Å². The highest BCUT2D eigenvalue weighted by Gasteiger charge is 2.10. The van der Waals surface area contributed by atoms with Gasteiger partial charge in [-0.1, -0.05) is 55.0 Å². The van der Waals surface area contributed by atoms with E-state index < -0.39 is 0 Å². The van der Waals surface area contributed by atoms with Gasteiger partial charge in [-0.2, -0.15) is 0 Å². The monoisotopic (exact) mass is 346 g/mol. The predicted octanol–water partition coefficient (Wildman–Crippen LogP) is 4.35. The van der Waals surface area contributed by atoms with Crippen LogP contribution in [0.4, 0.5) is 5.69 Å². The Morgan fingerprint density at radius 1 is 1.15 bits per heavy atom. The molecule has 3 aromatic rings. The standard InChI is InChI=1S/C21H22N4O/c1-15(2)20-14-22-24-25(20)19-6-4-5-18(13-19)23-21(26)12-11-17-9-7-16(3)8-10-17/h4-15H,1-3H3,(H,23,26)/b12-11+. The van der Waals surface area contributed by atoms with Crippen molar-refractivity contribution in [1.82, 2.24) is 15.0 Å². The number of hydrogen-bond acceptors (Lipinski definition) is 3. The second-order valence-electron chi connectivity index (χ2n) is 6.51. The molecule has 0 saturated heterocycles. The fraction of sp³-hybridized carbons (Fsp3) is 0.190. The summed E-state index contributed by atoms with van der Waals surface area (Å²) in [5.74, 6) is 0.131. The van der Waals surface area contributed by atoms with Crippen LogP contribution in [0.3, 0.4) is 0 Å². The number of anilines is 1. The minimum atomic E-state index is -0.176. The van der Waals surface area contributed by atoms with Crippen molar-refractivity contribution in [2.75, 3.05) is 5.32 Å². The molecule has 26 heavy (non-hydrogen) atoms. The molecule has 1 amide bonds. The first-order valence-corrected chi connectivity index (χ1v) is 8.60. The van der Waals surface area contributed by atoms with Gasteiger partial charge in [0.25, 0.3) is 0 Å². The number of carbonyl (C=O) groups is 1. The lowest BCUT2D eigenvalue weighted by atomic mass is 10.1. The number of benzene rings is 2. The zero-order valence-corrected chi connectivity index (χ0v) is 15.2. The van der Waals surface area contributed by atoms with Crippen LogP contribution in [-0.4, -0.2) is 20.9 Å². The van der Waals surface area contributed by atoms with Gasteiger partial charge in [-0.15, -0.1) is 5.10 Å². The van der Waals surface area contributed by atoms with Gasteiger partial charge in [0.1, 0.15) is 0 Å². The predicted molar refractivity (Wildman–Crippen MR) is 104 cm³/mol. The Labute approximate surface area is 153 Å². The Bertz CT molecular complexity index is 923. The summed E-state index contributed by atoms with van der Waals surface area (Å²) in [5.41, 5.74) is 4.78. The summed E-state index contributed by atoms with van der Waals surface area (Å²) in [5, 5.41) is 11.0. The molecule has 3 rings (SSSR count). The van der Waals surface area contributed by atoms with E-state index in [1.54, 1.807) is 17.0 Å². The van der Waals surface area contributed by atoms with Crippen LogP contribution in [0, 0.1) is 6.92 Å². The van der Waals surface area contributed by atoms with E-state index in [9.17, 15) is 4.79 Å². The van der Waals surface area contributed by atoms with Crippen LogP contribution in [0.25, 0.3) is 11.8 Å². The van der Waals surface area contributed by atoms with Gasteiger partial charge in [0.15, 0.2) is 0 Å². The second-order valence-corrected chi connectivity index (χ2v) is 6.51. The molecule has 0 aliphatic rings. The van der Waals surface area contributed by atoms with E-state index in [0.29, 0.717) is 11.6 Å². The fourth-order valence-corrected chi connectivity index (χ4v) is 2.59. The number of aryl methyl sites for hydroxylation is 1. The summed E-state index contributed by atoms with van der Waals surface area (Å²) in [4.78, 5) is 12.2. The highest BCUT2D eigenvalue weighted by Crippen LogP contribution is 2.20. The van der Waals surface area contributed by atoms with E-state index in [1.165, 1.54) is 11.6 Å². The quantitative estimate of drug-likeness (QED) is 0.699. The minimum Gasteiger partial charge on any atom is -0.322 e. The Kier molecular flexibility index (Phi) is 5.27. The van der Waals surface area contributed by atoms with Gasteiger partial charge in [-0.25, -0.2) is 4.68 Å². The van der Waals surface area contributed by atoms with Crippen molar-refractivity contribution < 1.29 is 4.79 Å². The SMILES string of the molecule is Cc1ccc(/C=C/C(=O)Nc2cccc(-n3nncc3C(C)C)c2)cc1. The van der Waals surface area contributed by atoms with Gasteiger partial charge in [-0.3, -0.25) is 4.79 Å². The third kappa shape index (κ3) is 4.25. The summed E-state index contributed by atoms with van der Waals surface area (Å²) in [6, 6.07) is 15.6. The lowest BCUT2D eigenvalue weighted by Gasteiger charge is -2.10. The molecule has 0 bridgehead atoms.